The number of aromatic nitrogens is 1. The largest absolute Gasteiger partial charge is 0.370 e. The van der Waals surface area contributed by atoms with Gasteiger partial charge in [-0.3, -0.25) is 0 Å². The minimum Gasteiger partial charge on any atom is -0.370 e. The van der Waals surface area contributed by atoms with E-state index in [1.54, 1.807) is 0 Å². The number of guanidine groups is 1. The van der Waals surface area contributed by atoms with Crippen LogP contribution in [0.25, 0.3) is 0 Å². The lowest BCUT2D eigenvalue weighted by molar-refractivity contribution is 0.678. The number of rotatable bonds is 6. The van der Waals surface area contributed by atoms with Gasteiger partial charge in [0, 0.05) is 17.8 Å². The van der Waals surface area contributed by atoms with E-state index >= 15 is 0 Å². The van der Waals surface area contributed by atoms with E-state index in [0.29, 0.717) is 12.5 Å². The Morgan fingerprint density at radius 1 is 1.43 bits per heavy atom. The molecule has 0 aromatic carbocycles. The predicted octanol–water partition coefficient (Wildman–Crippen LogP) is 3.05. The molecular weight excluding hydrogens is 395 g/mol. The topological polar surface area (TPSA) is 63.3 Å². The van der Waals surface area contributed by atoms with Crippen molar-refractivity contribution in [3.8, 4) is 0 Å². The van der Waals surface area contributed by atoms with Gasteiger partial charge in [-0.05, 0) is 39.0 Å². The lowest BCUT2D eigenvalue weighted by atomic mass is 10.0. The molecule has 21 heavy (non-hydrogen) atoms. The summed E-state index contributed by atoms with van der Waals surface area (Å²) in [6, 6.07) is 0. The summed E-state index contributed by atoms with van der Waals surface area (Å²) in [5, 5.41) is 4.41. The predicted molar refractivity (Wildman–Crippen MR) is 102 cm³/mol. The van der Waals surface area contributed by atoms with E-state index in [1.165, 1.54) is 41.3 Å². The second-order valence-corrected chi connectivity index (χ2v) is 6.54. The van der Waals surface area contributed by atoms with Gasteiger partial charge in [0.25, 0.3) is 0 Å². The average Bonchev–Trinajstić information content (AvgIpc) is 2.84. The number of nitrogens with zero attached hydrogens (tertiary/aromatic N) is 2. The molecule has 0 aliphatic heterocycles. The standard InChI is InChI=1S/C15H24N4S.HI/c1-11(2)10-18-15(16)17-9-5-8-14-19-12-6-3-4-7-13(12)20-14;/h1,3-10H2,2H3,(H3,16,17,18);1H. The van der Waals surface area contributed by atoms with Gasteiger partial charge in [-0.2, -0.15) is 0 Å². The molecule has 0 saturated heterocycles. The third kappa shape index (κ3) is 6.34. The van der Waals surface area contributed by atoms with E-state index < -0.39 is 0 Å². The molecule has 2 rings (SSSR count). The van der Waals surface area contributed by atoms with Crippen molar-refractivity contribution in [3.63, 3.8) is 0 Å². The Labute approximate surface area is 148 Å². The van der Waals surface area contributed by atoms with Crippen LogP contribution in [-0.4, -0.2) is 24.0 Å². The number of aliphatic imine (C=N–C) groups is 1. The summed E-state index contributed by atoms with van der Waals surface area (Å²) in [4.78, 5) is 10.5. The summed E-state index contributed by atoms with van der Waals surface area (Å²) < 4.78 is 0. The number of hydrogen-bond acceptors (Lipinski definition) is 3. The summed E-state index contributed by atoms with van der Waals surface area (Å²) >= 11 is 1.90. The van der Waals surface area contributed by atoms with Gasteiger partial charge >= 0.3 is 0 Å². The Balaban J connectivity index is 0.00000220. The normalized spacial score (nSPS) is 14.2. The molecular formula is C15H25IN4S. The van der Waals surface area contributed by atoms with Crippen molar-refractivity contribution in [1.82, 2.24) is 10.3 Å². The fraction of sp³-hybridized carbons (Fsp3) is 0.600. The van der Waals surface area contributed by atoms with Crippen LogP contribution in [0.2, 0.25) is 0 Å². The van der Waals surface area contributed by atoms with Crippen LogP contribution in [0.5, 0.6) is 0 Å². The lowest BCUT2D eigenvalue weighted by Gasteiger charge is -2.06. The SMILES string of the molecule is C=C(C)CN=C(N)NCCCc1nc2c(s1)CCCC2.I. The molecule has 0 saturated carbocycles. The van der Waals surface area contributed by atoms with Crippen molar-refractivity contribution in [2.24, 2.45) is 10.7 Å². The molecule has 1 aliphatic rings. The van der Waals surface area contributed by atoms with Gasteiger partial charge in [-0.15, -0.1) is 35.3 Å². The van der Waals surface area contributed by atoms with Crippen molar-refractivity contribution in [2.75, 3.05) is 13.1 Å². The maximum atomic E-state index is 5.77. The minimum absolute atomic E-state index is 0. The highest BCUT2D eigenvalue weighted by Crippen LogP contribution is 2.27. The molecule has 118 valence electrons. The molecule has 4 nitrogen and oxygen atoms in total. The zero-order chi connectivity index (χ0) is 14.4. The van der Waals surface area contributed by atoms with Gasteiger partial charge < -0.3 is 11.1 Å². The van der Waals surface area contributed by atoms with E-state index in [4.69, 9.17) is 10.7 Å². The zero-order valence-electron chi connectivity index (χ0n) is 12.7. The van der Waals surface area contributed by atoms with E-state index in [9.17, 15) is 0 Å². The summed E-state index contributed by atoms with van der Waals surface area (Å²) in [6.45, 7) is 7.18. The Hall–Kier alpha value is -0.630. The number of nitrogens with one attached hydrogen (secondary N) is 1. The Morgan fingerprint density at radius 3 is 2.90 bits per heavy atom. The van der Waals surface area contributed by atoms with Gasteiger partial charge in [0.1, 0.15) is 0 Å². The van der Waals surface area contributed by atoms with Crippen molar-refractivity contribution in [1.29, 1.82) is 0 Å². The number of fused-ring (bicyclic) bond motifs is 1. The van der Waals surface area contributed by atoms with E-state index in [-0.39, 0.29) is 24.0 Å². The van der Waals surface area contributed by atoms with Crippen molar-refractivity contribution >= 4 is 41.3 Å². The second kappa shape index (κ2) is 9.40. The molecule has 3 N–H and O–H groups in total. The number of nitrogens with two attached hydrogens (primary N) is 1. The molecule has 0 spiro atoms. The number of thiazole rings is 1. The summed E-state index contributed by atoms with van der Waals surface area (Å²) in [7, 11) is 0. The highest BCUT2D eigenvalue weighted by atomic mass is 127. The number of aryl methyl sites for hydroxylation is 3. The van der Waals surface area contributed by atoms with Gasteiger partial charge in [0.15, 0.2) is 5.96 Å². The average molecular weight is 420 g/mol. The maximum Gasteiger partial charge on any atom is 0.188 e. The third-order valence-electron chi connectivity index (χ3n) is 3.28. The van der Waals surface area contributed by atoms with Crippen LogP contribution in [0.4, 0.5) is 0 Å². The highest BCUT2D eigenvalue weighted by molar-refractivity contribution is 14.0. The Bertz CT molecular complexity index is 472. The van der Waals surface area contributed by atoms with Crippen molar-refractivity contribution in [2.45, 2.75) is 45.4 Å². The van der Waals surface area contributed by atoms with Crippen LogP contribution < -0.4 is 11.1 Å². The maximum absolute atomic E-state index is 5.77. The Morgan fingerprint density at radius 2 is 2.19 bits per heavy atom. The first-order chi connectivity index (χ1) is 9.65. The second-order valence-electron chi connectivity index (χ2n) is 5.37. The smallest absolute Gasteiger partial charge is 0.188 e. The van der Waals surface area contributed by atoms with Crippen LogP contribution >= 0.6 is 35.3 Å². The molecule has 0 radical (unpaired) electrons. The van der Waals surface area contributed by atoms with Crippen molar-refractivity contribution < 1.29 is 0 Å². The molecule has 1 aliphatic carbocycles. The van der Waals surface area contributed by atoms with E-state index in [1.807, 2.05) is 18.3 Å². The molecule has 0 fully saturated rings. The van der Waals surface area contributed by atoms with Crippen LogP contribution in [0.15, 0.2) is 17.1 Å². The molecule has 0 amide bonds. The highest BCUT2D eigenvalue weighted by Gasteiger charge is 2.14. The molecule has 6 heteroatoms. The first kappa shape index (κ1) is 18.4. The first-order valence-electron chi connectivity index (χ1n) is 7.31. The first-order valence-corrected chi connectivity index (χ1v) is 8.12. The van der Waals surface area contributed by atoms with Crippen LogP contribution in [0.3, 0.4) is 0 Å². The minimum atomic E-state index is 0. The summed E-state index contributed by atoms with van der Waals surface area (Å²) in [6.07, 6.45) is 7.09. The number of hydrogen-bond donors (Lipinski definition) is 2. The molecule has 0 unspecified atom stereocenters. The molecule has 0 bridgehead atoms. The Kier molecular flexibility index (Phi) is 8.24. The van der Waals surface area contributed by atoms with E-state index in [2.05, 4.69) is 16.9 Å². The molecule has 0 atom stereocenters. The van der Waals surface area contributed by atoms with Crippen molar-refractivity contribution in [3.05, 3.63) is 27.7 Å². The molecule has 1 aromatic rings. The van der Waals surface area contributed by atoms with Crippen LogP contribution in [0.1, 0.15) is 41.8 Å². The van der Waals surface area contributed by atoms with Crippen LogP contribution in [-0.2, 0) is 19.3 Å². The monoisotopic (exact) mass is 420 g/mol. The van der Waals surface area contributed by atoms with Gasteiger partial charge in [0.2, 0.25) is 0 Å². The quantitative estimate of drug-likeness (QED) is 0.245. The van der Waals surface area contributed by atoms with Gasteiger partial charge in [-0.1, -0.05) is 12.2 Å². The van der Waals surface area contributed by atoms with Gasteiger partial charge in [-0.25, -0.2) is 9.98 Å². The van der Waals surface area contributed by atoms with E-state index in [0.717, 1.165) is 25.0 Å². The van der Waals surface area contributed by atoms with Gasteiger partial charge in [0.05, 0.1) is 17.2 Å². The fourth-order valence-corrected chi connectivity index (χ4v) is 3.44. The zero-order valence-corrected chi connectivity index (χ0v) is 15.8. The lowest BCUT2D eigenvalue weighted by Crippen LogP contribution is -2.32. The van der Waals surface area contributed by atoms with Crippen LogP contribution in [0, 0.1) is 0 Å². The summed E-state index contributed by atoms with van der Waals surface area (Å²) in [5.41, 5.74) is 8.14. The summed E-state index contributed by atoms with van der Waals surface area (Å²) in [5.74, 6) is 0.506. The third-order valence-corrected chi connectivity index (χ3v) is 4.50. The molecule has 1 aromatic heterocycles. The fourth-order valence-electron chi connectivity index (χ4n) is 2.24. The number of halogens is 1. The molecule has 1 heterocycles.